The van der Waals surface area contributed by atoms with Crippen LogP contribution in [0.5, 0.6) is 0 Å². The van der Waals surface area contributed by atoms with E-state index < -0.39 is 23.7 Å². The summed E-state index contributed by atoms with van der Waals surface area (Å²) in [5.74, 6) is -1.62. The first kappa shape index (κ1) is 15.1. The molecule has 0 bridgehead atoms. The molecule has 19 heavy (non-hydrogen) atoms. The third kappa shape index (κ3) is 4.33. The van der Waals surface area contributed by atoms with Gasteiger partial charge in [0.25, 0.3) is 0 Å². The molecule has 0 fully saturated rings. The van der Waals surface area contributed by atoms with Gasteiger partial charge in [-0.05, 0) is 26.0 Å². The van der Waals surface area contributed by atoms with Gasteiger partial charge in [0.2, 0.25) is 5.91 Å². The number of hydrogen-bond acceptors (Lipinski definition) is 4. The average Bonchev–Trinajstić information content (AvgIpc) is 2.36. The van der Waals surface area contributed by atoms with E-state index in [1.807, 2.05) is 0 Å². The van der Waals surface area contributed by atoms with E-state index in [4.69, 9.17) is 10.5 Å². The van der Waals surface area contributed by atoms with E-state index in [0.29, 0.717) is 12.2 Å². The average molecular weight is 268 g/mol. The SMILES string of the molecule is CCOC(=O)C(C)NCc1ccc(C(N)=O)cc1F. The number of rotatable bonds is 6. The van der Waals surface area contributed by atoms with Crippen molar-refractivity contribution in [1.82, 2.24) is 5.32 Å². The standard InChI is InChI=1S/C13H17FN2O3/c1-3-19-13(18)8(2)16-7-10-5-4-9(12(15)17)6-11(10)14/h4-6,8,16H,3,7H2,1-2H3,(H2,15,17). The lowest BCUT2D eigenvalue weighted by molar-refractivity contribution is -0.145. The highest BCUT2D eigenvalue weighted by molar-refractivity contribution is 5.92. The monoisotopic (exact) mass is 268 g/mol. The van der Waals surface area contributed by atoms with Gasteiger partial charge in [-0.1, -0.05) is 6.07 Å². The smallest absolute Gasteiger partial charge is 0.322 e. The van der Waals surface area contributed by atoms with Crippen LogP contribution in [0.3, 0.4) is 0 Å². The summed E-state index contributed by atoms with van der Waals surface area (Å²) in [6, 6.07) is 3.45. The van der Waals surface area contributed by atoms with Gasteiger partial charge >= 0.3 is 5.97 Å². The number of hydrogen-bond donors (Lipinski definition) is 2. The zero-order valence-electron chi connectivity index (χ0n) is 10.9. The first-order chi connectivity index (χ1) is 8.95. The summed E-state index contributed by atoms with van der Waals surface area (Å²) in [4.78, 5) is 22.2. The molecule has 1 amide bonds. The maximum absolute atomic E-state index is 13.6. The second-order valence-electron chi connectivity index (χ2n) is 4.03. The first-order valence-electron chi connectivity index (χ1n) is 5.94. The van der Waals surface area contributed by atoms with Crippen LogP contribution >= 0.6 is 0 Å². The van der Waals surface area contributed by atoms with Crippen LogP contribution in [-0.2, 0) is 16.1 Å². The number of carbonyl (C=O) groups is 2. The van der Waals surface area contributed by atoms with E-state index in [0.717, 1.165) is 6.07 Å². The Morgan fingerprint density at radius 1 is 1.47 bits per heavy atom. The molecule has 0 aliphatic carbocycles. The van der Waals surface area contributed by atoms with Crippen LogP contribution in [0.25, 0.3) is 0 Å². The van der Waals surface area contributed by atoms with Gasteiger partial charge in [0.1, 0.15) is 11.9 Å². The number of halogens is 1. The lowest BCUT2D eigenvalue weighted by atomic mass is 10.1. The van der Waals surface area contributed by atoms with Crippen molar-refractivity contribution < 1.29 is 18.7 Å². The van der Waals surface area contributed by atoms with E-state index in [2.05, 4.69) is 5.32 Å². The third-order valence-electron chi connectivity index (χ3n) is 2.58. The Labute approximate surface area is 110 Å². The van der Waals surface area contributed by atoms with Crippen molar-refractivity contribution in [3.05, 3.63) is 35.1 Å². The highest BCUT2D eigenvalue weighted by Gasteiger charge is 2.14. The Kier molecular flexibility index (Phi) is 5.44. The normalized spacial score (nSPS) is 11.9. The Balaban J connectivity index is 2.63. The molecule has 5 nitrogen and oxygen atoms in total. The fourth-order valence-electron chi connectivity index (χ4n) is 1.46. The molecule has 104 valence electrons. The summed E-state index contributed by atoms with van der Waals surface area (Å²) in [5.41, 5.74) is 5.50. The fourth-order valence-corrected chi connectivity index (χ4v) is 1.46. The van der Waals surface area contributed by atoms with E-state index in [1.54, 1.807) is 13.8 Å². The fraction of sp³-hybridized carbons (Fsp3) is 0.385. The molecular weight excluding hydrogens is 251 g/mol. The molecule has 1 unspecified atom stereocenters. The molecule has 0 heterocycles. The van der Waals surface area contributed by atoms with Crippen molar-refractivity contribution in [2.75, 3.05) is 6.61 Å². The first-order valence-corrected chi connectivity index (χ1v) is 5.94. The molecular formula is C13H17FN2O3. The van der Waals surface area contributed by atoms with Crippen LogP contribution in [0.4, 0.5) is 4.39 Å². The van der Waals surface area contributed by atoms with Crippen LogP contribution in [0.15, 0.2) is 18.2 Å². The molecule has 0 aromatic heterocycles. The van der Waals surface area contributed by atoms with Crippen LogP contribution in [0.1, 0.15) is 29.8 Å². The van der Waals surface area contributed by atoms with Crippen LogP contribution in [0.2, 0.25) is 0 Å². The molecule has 0 saturated heterocycles. The number of benzene rings is 1. The summed E-state index contributed by atoms with van der Waals surface area (Å²) < 4.78 is 18.5. The third-order valence-corrected chi connectivity index (χ3v) is 2.58. The lowest BCUT2D eigenvalue weighted by Gasteiger charge is -2.13. The molecule has 6 heteroatoms. The number of ether oxygens (including phenoxy) is 1. The van der Waals surface area contributed by atoms with Gasteiger partial charge < -0.3 is 15.8 Å². The zero-order valence-corrected chi connectivity index (χ0v) is 10.9. The molecule has 0 spiro atoms. The number of carbonyl (C=O) groups excluding carboxylic acids is 2. The quantitative estimate of drug-likeness (QED) is 0.753. The van der Waals surface area contributed by atoms with E-state index in [9.17, 15) is 14.0 Å². The number of nitrogens with one attached hydrogen (secondary N) is 1. The largest absolute Gasteiger partial charge is 0.465 e. The van der Waals surface area contributed by atoms with Crippen molar-refractivity contribution in [2.24, 2.45) is 5.73 Å². The maximum Gasteiger partial charge on any atom is 0.322 e. The van der Waals surface area contributed by atoms with Crippen LogP contribution in [0, 0.1) is 5.82 Å². The summed E-state index contributed by atoms with van der Waals surface area (Å²) in [5, 5.41) is 2.84. The highest BCUT2D eigenvalue weighted by Crippen LogP contribution is 2.10. The Bertz CT molecular complexity index is 477. The molecule has 0 aliphatic heterocycles. The predicted octanol–water partition coefficient (Wildman–Crippen LogP) is 0.966. The molecule has 1 atom stereocenters. The van der Waals surface area contributed by atoms with E-state index >= 15 is 0 Å². The summed E-state index contributed by atoms with van der Waals surface area (Å²) >= 11 is 0. The van der Waals surface area contributed by atoms with Crippen molar-refractivity contribution in [3.63, 3.8) is 0 Å². The van der Waals surface area contributed by atoms with E-state index in [1.165, 1.54) is 12.1 Å². The highest BCUT2D eigenvalue weighted by atomic mass is 19.1. The predicted molar refractivity (Wildman–Crippen MR) is 67.9 cm³/mol. The number of amides is 1. The number of primary amides is 1. The van der Waals surface area contributed by atoms with Crippen molar-refractivity contribution in [2.45, 2.75) is 26.4 Å². The Hall–Kier alpha value is -1.95. The summed E-state index contributed by atoms with van der Waals surface area (Å²) in [6.07, 6.45) is 0. The second-order valence-corrected chi connectivity index (χ2v) is 4.03. The van der Waals surface area contributed by atoms with Gasteiger partial charge in [-0.2, -0.15) is 0 Å². The lowest BCUT2D eigenvalue weighted by Crippen LogP contribution is -2.35. The summed E-state index contributed by atoms with van der Waals surface area (Å²) in [6.45, 7) is 3.80. The molecule has 3 N–H and O–H groups in total. The Morgan fingerprint density at radius 2 is 2.16 bits per heavy atom. The maximum atomic E-state index is 13.6. The molecule has 0 aliphatic rings. The molecule has 1 rings (SSSR count). The van der Waals surface area contributed by atoms with Crippen LogP contribution < -0.4 is 11.1 Å². The minimum absolute atomic E-state index is 0.111. The molecule has 0 radical (unpaired) electrons. The van der Waals surface area contributed by atoms with Gasteiger partial charge in [0.15, 0.2) is 0 Å². The van der Waals surface area contributed by atoms with Crippen molar-refractivity contribution in [3.8, 4) is 0 Å². The summed E-state index contributed by atoms with van der Waals surface area (Å²) in [7, 11) is 0. The van der Waals surface area contributed by atoms with Gasteiger partial charge in [-0.3, -0.25) is 9.59 Å². The van der Waals surface area contributed by atoms with Crippen molar-refractivity contribution in [1.29, 1.82) is 0 Å². The van der Waals surface area contributed by atoms with Crippen LogP contribution in [-0.4, -0.2) is 24.5 Å². The molecule has 1 aromatic carbocycles. The van der Waals surface area contributed by atoms with Crippen molar-refractivity contribution >= 4 is 11.9 Å². The topological polar surface area (TPSA) is 81.4 Å². The zero-order chi connectivity index (χ0) is 14.4. The van der Waals surface area contributed by atoms with Gasteiger partial charge in [-0.15, -0.1) is 0 Å². The van der Waals surface area contributed by atoms with Gasteiger partial charge in [0.05, 0.1) is 6.61 Å². The van der Waals surface area contributed by atoms with Gasteiger partial charge in [-0.25, -0.2) is 4.39 Å². The minimum atomic E-state index is -0.682. The molecule has 0 saturated carbocycles. The van der Waals surface area contributed by atoms with Gasteiger partial charge in [0, 0.05) is 17.7 Å². The minimum Gasteiger partial charge on any atom is -0.465 e. The second kappa shape index (κ2) is 6.84. The molecule has 1 aromatic rings. The number of esters is 1. The van der Waals surface area contributed by atoms with E-state index in [-0.39, 0.29) is 12.1 Å². The number of nitrogens with two attached hydrogens (primary N) is 1. The Morgan fingerprint density at radius 3 is 2.68 bits per heavy atom.